The van der Waals surface area contributed by atoms with Gasteiger partial charge in [0, 0.05) is 11.3 Å². The van der Waals surface area contributed by atoms with Crippen LogP contribution in [0.25, 0.3) is 11.1 Å². The number of rotatable bonds is 4. The fourth-order valence-electron chi connectivity index (χ4n) is 2.34. The molecule has 1 aromatic heterocycles. The lowest BCUT2D eigenvalue weighted by molar-refractivity contribution is 1.24. The molecular weight excluding hydrogens is 276 g/mol. The molecular formula is C18H16N2S. The summed E-state index contributed by atoms with van der Waals surface area (Å²) < 4.78 is 0. The Morgan fingerprint density at radius 3 is 2.19 bits per heavy atom. The van der Waals surface area contributed by atoms with Gasteiger partial charge in [-0.15, -0.1) is 11.3 Å². The van der Waals surface area contributed by atoms with Crippen molar-refractivity contribution in [2.24, 2.45) is 5.73 Å². The molecule has 21 heavy (non-hydrogen) atoms. The average Bonchev–Trinajstić information content (AvgIpc) is 2.93. The average molecular weight is 292 g/mol. The Balaban J connectivity index is 2.04. The molecule has 0 fully saturated rings. The minimum absolute atomic E-state index is 0.136. The van der Waals surface area contributed by atoms with Crippen LogP contribution in [-0.2, 0) is 6.42 Å². The van der Waals surface area contributed by atoms with Gasteiger partial charge in [0.15, 0.2) is 0 Å². The predicted molar refractivity (Wildman–Crippen MR) is 90.0 cm³/mol. The quantitative estimate of drug-likeness (QED) is 0.547. The van der Waals surface area contributed by atoms with E-state index in [0.29, 0.717) is 0 Å². The maximum atomic E-state index is 7.68. The van der Waals surface area contributed by atoms with Crippen LogP contribution in [0.3, 0.4) is 0 Å². The monoisotopic (exact) mass is 292 g/mol. The van der Waals surface area contributed by atoms with Gasteiger partial charge in [0.05, 0.1) is 4.88 Å². The van der Waals surface area contributed by atoms with Gasteiger partial charge in [-0.1, -0.05) is 60.7 Å². The lowest BCUT2D eigenvalue weighted by atomic mass is 10.0. The van der Waals surface area contributed by atoms with Gasteiger partial charge in [0.1, 0.15) is 5.84 Å². The van der Waals surface area contributed by atoms with Crippen molar-refractivity contribution in [2.75, 3.05) is 0 Å². The number of benzene rings is 2. The van der Waals surface area contributed by atoms with Gasteiger partial charge in [-0.2, -0.15) is 0 Å². The molecule has 3 aromatic rings. The van der Waals surface area contributed by atoms with Crippen LogP contribution < -0.4 is 5.73 Å². The molecule has 0 saturated heterocycles. The van der Waals surface area contributed by atoms with E-state index in [1.165, 1.54) is 21.6 Å². The van der Waals surface area contributed by atoms with Gasteiger partial charge in [0.25, 0.3) is 0 Å². The second-order valence-corrected chi connectivity index (χ2v) is 6.03. The van der Waals surface area contributed by atoms with Gasteiger partial charge in [-0.25, -0.2) is 0 Å². The summed E-state index contributed by atoms with van der Waals surface area (Å²) in [4.78, 5) is 2.08. The van der Waals surface area contributed by atoms with E-state index in [1.54, 1.807) is 11.3 Å². The number of thiophene rings is 1. The number of nitrogens with one attached hydrogen (secondary N) is 1. The molecule has 1 heterocycles. The normalized spacial score (nSPS) is 10.5. The molecule has 3 heteroatoms. The molecule has 0 bridgehead atoms. The van der Waals surface area contributed by atoms with Crippen LogP contribution in [0.4, 0.5) is 0 Å². The van der Waals surface area contributed by atoms with Crippen LogP contribution in [0.15, 0.2) is 66.7 Å². The van der Waals surface area contributed by atoms with Crippen molar-refractivity contribution in [2.45, 2.75) is 6.42 Å². The fraction of sp³-hybridized carbons (Fsp3) is 0.0556. The van der Waals surface area contributed by atoms with E-state index < -0.39 is 0 Å². The summed E-state index contributed by atoms with van der Waals surface area (Å²) in [5.41, 5.74) is 9.28. The first kappa shape index (κ1) is 13.6. The van der Waals surface area contributed by atoms with Crippen LogP contribution in [0, 0.1) is 5.41 Å². The molecule has 0 aliphatic heterocycles. The highest BCUT2D eigenvalue weighted by molar-refractivity contribution is 7.14. The molecule has 3 rings (SSSR count). The van der Waals surface area contributed by atoms with Crippen LogP contribution >= 0.6 is 11.3 Å². The molecule has 104 valence electrons. The third-order valence-corrected chi connectivity index (χ3v) is 4.54. The maximum absolute atomic E-state index is 7.68. The van der Waals surface area contributed by atoms with Crippen LogP contribution in [0.2, 0.25) is 0 Å². The largest absolute Gasteiger partial charge is 0.383 e. The Morgan fingerprint density at radius 2 is 1.57 bits per heavy atom. The molecule has 0 spiro atoms. The molecule has 0 radical (unpaired) electrons. The van der Waals surface area contributed by atoms with E-state index in [2.05, 4.69) is 36.4 Å². The fourth-order valence-corrected chi connectivity index (χ4v) is 3.41. The first-order valence-electron chi connectivity index (χ1n) is 6.80. The van der Waals surface area contributed by atoms with Gasteiger partial charge in [0.2, 0.25) is 0 Å². The molecule has 2 nitrogen and oxygen atoms in total. The van der Waals surface area contributed by atoms with E-state index in [1.807, 2.05) is 30.3 Å². The first-order chi connectivity index (χ1) is 10.2. The minimum atomic E-state index is 0.136. The molecule has 0 atom stereocenters. The van der Waals surface area contributed by atoms with Crippen molar-refractivity contribution < 1.29 is 0 Å². The van der Waals surface area contributed by atoms with E-state index in [0.717, 1.165) is 11.3 Å². The lowest BCUT2D eigenvalue weighted by Crippen LogP contribution is -2.08. The van der Waals surface area contributed by atoms with Crippen molar-refractivity contribution in [3.05, 3.63) is 82.0 Å². The highest BCUT2D eigenvalue weighted by atomic mass is 32.1. The van der Waals surface area contributed by atoms with Gasteiger partial charge in [-0.3, -0.25) is 5.41 Å². The number of hydrogen-bond donors (Lipinski definition) is 2. The van der Waals surface area contributed by atoms with Crippen molar-refractivity contribution in [1.29, 1.82) is 5.41 Å². The number of nitrogen functional groups attached to an aromatic ring is 1. The molecule has 0 saturated carbocycles. The van der Waals surface area contributed by atoms with Crippen molar-refractivity contribution in [1.82, 2.24) is 0 Å². The molecule has 2 aromatic carbocycles. The minimum Gasteiger partial charge on any atom is -0.383 e. The Kier molecular flexibility index (Phi) is 3.84. The summed E-state index contributed by atoms with van der Waals surface area (Å²) in [5.74, 6) is 0.136. The van der Waals surface area contributed by atoms with Crippen LogP contribution in [0.1, 0.15) is 15.3 Å². The Morgan fingerprint density at radius 1 is 0.952 bits per heavy atom. The SMILES string of the molecule is N=C(N)c1cc(-c2ccccc2)c(Cc2ccccc2)s1. The molecule has 3 N–H and O–H groups in total. The molecule has 0 unspecified atom stereocenters. The number of amidine groups is 1. The van der Waals surface area contributed by atoms with E-state index in [4.69, 9.17) is 11.1 Å². The second-order valence-electron chi connectivity index (χ2n) is 4.89. The van der Waals surface area contributed by atoms with Crippen molar-refractivity contribution >= 4 is 17.2 Å². The van der Waals surface area contributed by atoms with Crippen molar-refractivity contribution in [3.63, 3.8) is 0 Å². The second kappa shape index (κ2) is 5.94. The summed E-state index contributed by atoms with van der Waals surface area (Å²) in [6, 6.07) is 22.7. The van der Waals surface area contributed by atoms with E-state index >= 15 is 0 Å². The Hall–Kier alpha value is -2.39. The Bertz CT molecular complexity index is 745. The topological polar surface area (TPSA) is 49.9 Å². The van der Waals surface area contributed by atoms with E-state index in [9.17, 15) is 0 Å². The zero-order valence-corrected chi connectivity index (χ0v) is 12.4. The predicted octanol–water partition coefficient (Wildman–Crippen LogP) is 4.29. The van der Waals surface area contributed by atoms with Gasteiger partial charge >= 0.3 is 0 Å². The van der Waals surface area contributed by atoms with Crippen LogP contribution in [0.5, 0.6) is 0 Å². The highest BCUT2D eigenvalue weighted by Crippen LogP contribution is 2.33. The maximum Gasteiger partial charge on any atom is 0.133 e. The zero-order valence-electron chi connectivity index (χ0n) is 11.5. The molecule has 0 amide bonds. The number of nitrogens with two attached hydrogens (primary N) is 1. The molecule has 0 aliphatic carbocycles. The summed E-state index contributed by atoms with van der Waals surface area (Å²) >= 11 is 1.61. The first-order valence-corrected chi connectivity index (χ1v) is 7.62. The summed E-state index contributed by atoms with van der Waals surface area (Å²) in [6.07, 6.45) is 0.864. The van der Waals surface area contributed by atoms with Crippen LogP contribution in [-0.4, -0.2) is 5.84 Å². The summed E-state index contributed by atoms with van der Waals surface area (Å²) in [6.45, 7) is 0. The summed E-state index contributed by atoms with van der Waals surface area (Å²) in [7, 11) is 0. The smallest absolute Gasteiger partial charge is 0.133 e. The Labute approximate surface area is 128 Å². The lowest BCUT2D eigenvalue weighted by Gasteiger charge is -2.04. The third kappa shape index (κ3) is 3.03. The third-order valence-electron chi connectivity index (χ3n) is 3.37. The van der Waals surface area contributed by atoms with Crippen molar-refractivity contribution in [3.8, 4) is 11.1 Å². The summed E-state index contributed by atoms with van der Waals surface area (Å²) in [5, 5.41) is 7.68. The van der Waals surface area contributed by atoms with Gasteiger partial charge < -0.3 is 5.73 Å². The van der Waals surface area contributed by atoms with Gasteiger partial charge in [-0.05, 0) is 22.8 Å². The highest BCUT2D eigenvalue weighted by Gasteiger charge is 2.12. The number of hydrogen-bond acceptors (Lipinski definition) is 2. The standard InChI is InChI=1S/C18H16N2S/c19-18(20)17-12-15(14-9-5-2-6-10-14)16(21-17)11-13-7-3-1-4-8-13/h1-10,12H,11H2,(H3,19,20). The van der Waals surface area contributed by atoms with E-state index in [-0.39, 0.29) is 5.84 Å². The molecule has 0 aliphatic rings. The zero-order chi connectivity index (χ0) is 14.7.